The van der Waals surface area contributed by atoms with Crippen molar-refractivity contribution >= 4 is 28.4 Å². The van der Waals surface area contributed by atoms with Crippen molar-refractivity contribution in [3.05, 3.63) is 72.8 Å². The van der Waals surface area contributed by atoms with Gasteiger partial charge >= 0.3 is 0 Å². The lowest BCUT2D eigenvalue weighted by molar-refractivity contribution is -0.147. The van der Waals surface area contributed by atoms with Crippen molar-refractivity contribution in [3.63, 3.8) is 0 Å². The van der Waals surface area contributed by atoms with Crippen LogP contribution >= 0.6 is 0 Å². The van der Waals surface area contributed by atoms with Gasteiger partial charge in [0.2, 0.25) is 5.91 Å². The summed E-state index contributed by atoms with van der Waals surface area (Å²) in [6.07, 6.45) is 3.62. The molecule has 2 aromatic carbocycles. The summed E-state index contributed by atoms with van der Waals surface area (Å²) < 4.78 is 23.6. The van der Waals surface area contributed by atoms with Crippen LogP contribution in [0.5, 0.6) is 0 Å². The van der Waals surface area contributed by atoms with Crippen molar-refractivity contribution in [2.75, 3.05) is 37.4 Å². The molecule has 202 valence electrons. The third kappa shape index (κ3) is 4.47. The van der Waals surface area contributed by atoms with E-state index < -0.39 is 5.54 Å². The minimum absolute atomic E-state index is 0.286. The molecule has 4 aromatic rings. The smallest absolute Gasteiger partial charge is 0.247 e. The molecule has 2 aromatic heterocycles. The zero-order chi connectivity index (χ0) is 27.7. The first-order chi connectivity index (χ1) is 18.8. The summed E-state index contributed by atoms with van der Waals surface area (Å²) in [5.74, 6) is -0.256. The summed E-state index contributed by atoms with van der Waals surface area (Å²) in [6.45, 7) is 10.3. The van der Waals surface area contributed by atoms with Gasteiger partial charge in [-0.3, -0.25) is 9.69 Å². The summed E-state index contributed by atoms with van der Waals surface area (Å²) >= 11 is 0. The van der Waals surface area contributed by atoms with E-state index in [4.69, 9.17) is 10.5 Å². The van der Waals surface area contributed by atoms with Gasteiger partial charge in [0.1, 0.15) is 23.6 Å². The molecule has 0 saturated carbocycles. The fourth-order valence-corrected chi connectivity index (χ4v) is 5.60. The van der Waals surface area contributed by atoms with Crippen LogP contribution in [0.15, 0.2) is 61.4 Å². The number of anilines is 2. The predicted molar refractivity (Wildman–Crippen MR) is 153 cm³/mol. The SMILES string of the molecule is C=CC(=O)Nc1ccc(-c2c(-c3ccc(C4(N(CC)CCC)COC4)c(F)c3)c3c(N)ncnc3n2C)cc1. The molecule has 3 N–H and O–H groups in total. The minimum Gasteiger partial charge on any atom is -0.383 e. The number of carbonyl (C=O) groups excluding carboxylic acids is 1. The third-order valence-electron chi connectivity index (χ3n) is 7.53. The summed E-state index contributed by atoms with van der Waals surface area (Å²) in [7, 11) is 1.90. The van der Waals surface area contributed by atoms with Crippen molar-refractivity contribution in [1.82, 2.24) is 19.4 Å². The maximum Gasteiger partial charge on any atom is 0.247 e. The Labute approximate surface area is 227 Å². The zero-order valence-electron chi connectivity index (χ0n) is 22.5. The number of hydrogen-bond donors (Lipinski definition) is 2. The molecular weight excluding hydrogens is 495 g/mol. The van der Waals surface area contributed by atoms with Gasteiger partial charge in [-0.15, -0.1) is 0 Å². The van der Waals surface area contributed by atoms with E-state index in [0.29, 0.717) is 46.9 Å². The molecule has 8 nitrogen and oxygen atoms in total. The molecule has 5 rings (SSSR count). The second kappa shape index (κ2) is 10.6. The Balaban J connectivity index is 1.65. The number of ether oxygens (including phenoxy) is 1. The Morgan fingerprint density at radius 3 is 2.51 bits per heavy atom. The Morgan fingerprint density at radius 2 is 1.92 bits per heavy atom. The number of hydrogen-bond acceptors (Lipinski definition) is 6. The molecule has 9 heteroatoms. The molecule has 1 amide bonds. The number of aromatic nitrogens is 3. The number of likely N-dealkylation sites (N-methyl/N-ethyl adjacent to an activating group) is 1. The van der Waals surface area contributed by atoms with Crippen LogP contribution in [-0.4, -0.2) is 51.6 Å². The Kier molecular flexibility index (Phi) is 7.20. The van der Waals surface area contributed by atoms with Gasteiger partial charge in [-0.2, -0.15) is 0 Å². The molecule has 0 bridgehead atoms. The molecule has 3 heterocycles. The van der Waals surface area contributed by atoms with Gasteiger partial charge < -0.3 is 20.4 Å². The first-order valence-electron chi connectivity index (χ1n) is 13.1. The molecule has 0 atom stereocenters. The number of carbonyl (C=O) groups is 1. The number of amides is 1. The molecule has 1 saturated heterocycles. The fraction of sp³-hybridized carbons (Fsp3) is 0.300. The van der Waals surface area contributed by atoms with Crippen LogP contribution in [0, 0.1) is 5.82 Å². The number of halogens is 1. The van der Waals surface area contributed by atoms with Crippen LogP contribution in [0.25, 0.3) is 33.4 Å². The molecule has 0 radical (unpaired) electrons. The van der Waals surface area contributed by atoms with Gasteiger partial charge in [0.25, 0.3) is 0 Å². The van der Waals surface area contributed by atoms with E-state index in [1.165, 1.54) is 12.4 Å². The Bertz CT molecular complexity index is 1540. The first kappa shape index (κ1) is 26.5. The molecule has 0 unspecified atom stereocenters. The van der Waals surface area contributed by atoms with Gasteiger partial charge in [-0.05, 0) is 54.9 Å². The van der Waals surface area contributed by atoms with Crippen molar-refractivity contribution < 1.29 is 13.9 Å². The standard InChI is InChI=1S/C30H33FN6O2/c1-5-14-37(7-3)30(16-39-17-30)22-13-10-20(15-23(22)31)25-26-28(32)33-18-34-29(26)36(4)27(25)19-8-11-21(12-9-19)35-24(38)6-2/h6,8-13,15,18H,2,5,7,14,16-17H2,1,3-4H3,(H,35,38)(H2,32,33,34). The average Bonchev–Trinajstić information content (AvgIpc) is 3.22. The third-order valence-corrected chi connectivity index (χ3v) is 7.53. The lowest BCUT2D eigenvalue weighted by Crippen LogP contribution is -2.60. The number of aryl methyl sites for hydroxylation is 1. The minimum atomic E-state index is -0.469. The Hall–Kier alpha value is -4.08. The lowest BCUT2D eigenvalue weighted by atomic mass is 9.84. The van der Waals surface area contributed by atoms with E-state index in [1.54, 1.807) is 6.07 Å². The number of nitrogens with one attached hydrogen (secondary N) is 1. The zero-order valence-corrected chi connectivity index (χ0v) is 22.5. The largest absolute Gasteiger partial charge is 0.383 e. The van der Waals surface area contributed by atoms with Crippen LogP contribution < -0.4 is 11.1 Å². The van der Waals surface area contributed by atoms with E-state index in [9.17, 15) is 4.79 Å². The van der Waals surface area contributed by atoms with Gasteiger partial charge in [-0.1, -0.05) is 44.7 Å². The highest BCUT2D eigenvalue weighted by Gasteiger charge is 2.46. The molecular formula is C30H33FN6O2. The topological polar surface area (TPSA) is 98.3 Å². The highest BCUT2D eigenvalue weighted by molar-refractivity contribution is 6.08. The van der Waals surface area contributed by atoms with Crippen LogP contribution in [0.2, 0.25) is 0 Å². The maximum atomic E-state index is 16.0. The van der Waals surface area contributed by atoms with Gasteiger partial charge in [0.05, 0.1) is 29.8 Å². The van der Waals surface area contributed by atoms with Gasteiger partial charge in [0.15, 0.2) is 0 Å². The molecule has 0 aliphatic carbocycles. The van der Waals surface area contributed by atoms with E-state index in [-0.39, 0.29) is 11.7 Å². The molecule has 1 aliphatic rings. The normalized spacial score (nSPS) is 14.4. The second-order valence-electron chi connectivity index (χ2n) is 9.81. The molecule has 1 aliphatic heterocycles. The van der Waals surface area contributed by atoms with E-state index in [0.717, 1.165) is 36.3 Å². The van der Waals surface area contributed by atoms with E-state index >= 15 is 4.39 Å². The summed E-state index contributed by atoms with van der Waals surface area (Å²) in [6, 6.07) is 12.8. The predicted octanol–water partition coefficient (Wildman–Crippen LogP) is 5.11. The number of benzene rings is 2. The Morgan fingerprint density at radius 1 is 1.21 bits per heavy atom. The number of nitrogens with zero attached hydrogens (tertiary/aromatic N) is 4. The van der Waals surface area contributed by atoms with Crippen LogP contribution in [0.1, 0.15) is 25.8 Å². The fourth-order valence-electron chi connectivity index (χ4n) is 5.60. The average molecular weight is 529 g/mol. The number of nitrogens with two attached hydrogens (primary N) is 1. The van der Waals surface area contributed by atoms with E-state index in [1.807, 2.05) is 48.0 Å². The van der Waals surface area contributed by atoms with Crippen LogP contribution in [-0.2, 0) is 22.1 Å². The van der Waals surface area contributed by atoms with Crippen molar-refractivity contribution in [2.24, 2.45) is 7.05 Å². The molecule has 0 spiro atoms. The van der Waals surface area contributed by atoms with Crippen molar-refractivity contribution in [1.29, 1.82) is 0 Å². The molecule has 39 heavy (non-hydrogen) atoms. The van der Waals surface area contributed by atoms with E-state index in [2.05, 4.69) is 40.6 Å². The first-order valence-corrected chi connectivity index (χ1v) is 13.1. The summed E-state index contributed by atoms with van der Waals surface area (Å²) in [5, 5.41) is 3.42. The number of nitrogen functional groups attached to an aromatic ring is 1. The van der Waals surface area contributed by atoms with Gasteiger partial charge in [0, 0.05) is 23.9 Å². The lowest BCUT2D eigenvalue weighted by Gasteiger charge is -2.50. The summed E-state index contributed by atoms with van der Waals surface area (Å²) in [4.78, 5) is 22.7. The highest BCUT2D eigenvalue weighted by atomic mass is 19.1. The summed E-state index contributed by atoms with van der Waals surface area (Å²) in [5.41, 5.74) is 10.9. The number of fused-ring (bicyclic) bond motifs is 1. The number of rotatable bonds is 9. The monoisotopic (exact) mass is 528 g/mol. The highest BCUT2D eigenvalue weighted by Crippen LogP contribution is 2.44. The maximum absolute atomic E-state index is 16.0. The van der Waals surface area contributed by atoms with Gasteiger partial charge in [-0.25, -0.2) is 14.4 Å². The van der Waals surface area contributed by atoms with Crippen molar-refractivity contribution in [2.45, 2.75) is 25.8 Å². The van der Waals surface area contributed by atoms with Crippen LogP contribution in [0.3, 0.4) is 0 Å². The molecule has 1 fully saturated rings. The van der Waals surface area contributed by atoms with Crippen LogP contribution in [0.4, 0.5) is 15.9 Å². The van der Waals surface area contributed by atoms with Crippen molar-refractivity contribution in [3.8, 4) is 22.4 Å². The second-order valence-corrected chi connectivity index (χ2v) is 9.81. The quantitative estimate of drug-likeness (QED) is 0.293.